The van der Waals surface area contributed by atoms with Crippen molar-refractivity contribution in [2.75, 3.05) is 33.0 Å². The van der Waals surface area contributed by atoms with Crippen molar-refractivity contribution in [3.8, 4) is 0 Å². The van der Waals surface area contributed by atoms with Crippen LogP contribution in [0.1, 0.15) is 25.7 Å². The van der Waals surface area contributed by atoms with E-state index < -0.39 is 50.3 Å². The van der Waals surface area contributed by atoms with Crippen LogP contribution in [-0.2, 0) is 9.47 Å². The Balaban J connectivity index is 2.27. The average Bonchev–Trinajstić information content (AvgIpc) is 2.68. The van der Waals surface area contributed by atoms with Crippen molar-refractivity contribution in [2.45, 2.75) is 44.0 Å². The normalized spacial score (nSPS) is 20.3. The molecule has 0 spiro atoms. The molecule has 0 aromatic carbocycles. The number of rotatable bonds is 10. The van der Waals surface area contributed by atoms with Crippen LogP contribution in [0.3, 0.4) is 0 Å². The van der Waals surface area contributed by atoms with Crippen LogP contribution in [0.5, 0.6) is 0 Å². The van der Waals surface area contributed by atoms with E-state index in [2.05, 4.69) is 20.1 Å². The molecule has 2 N–H and O–H groups in total. The van der Waals surface area contributed by atoms with Crippen molar-refractivity contribution in [3.63, 3.8) is 0 Å². The fourth-order valence-electron chi connectivity index (χ4n) is 2.76. The second-order valence-corrected chi connectivity index (χ2v) is 6.86. The topological polar surface area (TPSA) is 76.7 Å². The van der Waals surface area contributed by atoms with E-state index >= 15 is 0 Å². The molecule has 0 aliphatic heterocycles. The van der Waals surface area contributed by atoms with E-state index in [-0.39, 0.29) is 24.9 Å². The predicted molar refractivity (Wildman–Crippen MR) is 86.0 cm³/mol. The number of alkyl carbamates (subject to hydrolysis) is 2. The molecule has 1 aliphatic rings. The Morgan fingerprint density at radius 2 is 1.41 bits per heavy atom. The highest BCUT2D eigenvalue weighted by atomic mass is 19.3. The van der Waals surface area contributed by atoms with Crippen LogP contribution in [0.25, 0.3) is 0 Å². The van der Waals surface area contributed by atoms with E-state index in [0.717, 1.165) is 6.42 Å². The zero-order valence-electron chi connectivity index (χ0n) is 15.4. The van der Waals surface area contributed by atoms with Gasteiger partial charge in [-0.15, -0.1) is 0 Å². The van der Waals surface area contributed by atoms with Crippen LogP contribution < -0.4 is 10.6 Å². The number of ether oxygens (including phenoxy) is 2. The monoisotopic (exact) mass is 440 g/mol. The van der Waals surface area contributed by atoms with Crippen molar-refractivity contribution in [2.24, 2.45) is 11.8 Å². The second-order valence-electron chi connectivity index (χ2n) is 6.86. The highest BCUT2D eigenvalue weighted by Gasteiger charge is 2.42. The van der Waals surface area contributed by atoms with E-state index in [9.17, 15) is 40.3 Å². The highest BCUT2D eigenvalue weighted by Crippen LogP contribution is 2.28. The van der Waals surface area contributed by atoms with Crippen molar-refractivity contribution < 1.29 is 49.8 Å². The first kappa shape index (κ1) is 25.1. The van der Waals surface area contributed by atoms with Crippen LogP contribution in [0, 0.1) is 11.8 Å². The van der Waals surface area contributed by atoms with Crippen molar-refractivity contribution in [1.29, 1.82) is 0 Å². The third kappa shape index (κ3) is 9.88. The standard InChI is InChI=1S/C16H23F7N2O4/c17-7-15(20,21)8-28-13(26)24-5-10-2-1-3-11(4-10)6-25-14(27)29-9-16(22,23)12(18)19/h10-12H,1-9H2,(H,24,26)(H,25,27). The SMILES string of the molecule is O=C(NCC1CCCC(CNC(=O)OCC(F)(F)C(F)F)C1)OCC(F)(F)CF. The van der Waals surface area contributed by atoms with Gasteiger partial charge in [0.05, 0.1) is 0 Å². The molecule has 0 saturated heterocycles. The first-order valence-corrected chi connectivity index (χ1v) is 8.86. The maximum atomic E-state index is 12.7. The van der Waals surface area contributed by atoms with Gasteiger partial charge in [0.15, 0.2) is 19.9 Å². The number of carbonyl (C=O) groups is 2. The first-order chi connectivity index (χ1) is 13.4. The molecule has 0 bridgehead atoms. The molecule has 2 unspecified atom stereocenters. The Hall–Kier alpha value is -1.95. The van der Waals surface area contributed by atoms with Gasteiger partial charge in [0, 0.05) is 13.1 Å². The lowest BCUT2D eigenvalue weighted by Gasteiger charge is -2.29. The lowest BCUT2D eigenvalue weighted by Crippen LogP contribution is -2.39. The molecule has 1 aliphatic carbocycles. The molecule has 0 heterocycles. The number of amides is 2. The van der Waals surface area contributed by atoms with E-state index in [1.165, 1.54) is 0 Å². The Morgan fingerprint density at radius 1 is 0.931 bits per heavy atom. The summed E-state index contributed by atoms with van der Waals surface area (Å²) in [5.74, 6) is -8.30. The van der Waals surface area contributed by atoms with Crippen molar-refractivity contribution >= 4 is 12.2 Å². The zero-order chi connectivity index (χ0) is 22.1. The summed E-state index contributed by atoms with van der Waals surface area (Å²) in [6.45, 7) is -4.89. The molecule has 1 saturated carbocycles. The maximum Gasteiger partial charge on any atom is 0.407 e. The van der Waals surface area contributed by atoms with Crippen molar-refractivity contribution in [3.05, 3.63) is 0 Å². The lowest BCUT2D eigenvalue weighted by atomic mass is 9.81. The Kier molecular flexibility index (Phi) is 9.77. The largest absolute Gasteiger partial charge is 0.443 e. The van der Waals surface area contributed by atoms with Gasteiger partial charge in [-0.3, -0.25) is 0 Å². The predicted octanol–water partition coefficient (Wildman–Crippen LogP) is 3.75. The van der Waals surface area contributed by atoms with Gasteiger partial charge >= 0.3 is 30.5 Å². The summed E-state index contributed by atoms with van der Waals surface area (Å²) in [5.41, 5.74) is 0. The zero-order valence-corrected chi connectivity index (χ0v) is 15.4. The molecule has 1 rings (SSSR count). The van der Waals surface area contributed by atoms with Crippen LogP contribution in [0.4, 0.5) is 40.3 Å². The average molecular weight is 440 g/mol. The molecule has 1 fully saturated rings. The molecule has 0 radical (unpaired) electrons. The van der Waals surface area contributed by atoms with Gasteiger partial charge in [-0.1, -0.05) is 6.42 Å². The third-order valence-electron chi connectivity index (χ3n) is 4.29. The molecular formula is C16H23F7N2O4. The molecule has 0 aromatic heterocycles. The van der Waals surface area contributed by atoms with Crippen LogP contribution in [0.15, 0.2) is 0 Å². The van der Waals surface area contributed by atoms with Gasteiger partial charge in [-0.05, 0) is 31.1 Å². The maximum absolute atomic E-state index is 12.7. The summed E-state index contributed by atoms with van der Waals surface area (Å²) >= 11 is 0. The van der Waals surface area contributed by atoms with Crippen LogP contribution >= 0.6 is 0 Å². The number of nitrogens with one attached hydrogen (secondary N) is 2. The molecule has 2 amide bonds. The summed E-state index contributed by atoms with van der Waals surface area (Å²) < 4.78 is 94.9. The number of halogens is 7. The fraction of sp³-hybridized carbons (Fsp3) is 0.875. The minimum Gasteiger partial charge on any atom is -0.443 e. The minimum absolute atomic E-state index is 0.0519. The summed E-state index contributed by atoms with van der Waals surface area (Å²) in [6, 6.07) is 0. The van der Waals surface area contributed by atoms with Crippen molar-refractivity contribution in [1.82, 2.24) is 10.6 Å². The van der Waals surface area contributed by atoms with Crippen LogP contribution in [0.2, 0.25) is 0 Å². The van der Waals surface area contributed by atoms with E-state index in [1.54, 1.807) is 0 Å². The summed E-state index contributed by atoms with van der Waals surface area (Å²) in [5, 5.41) is 4.52. The number of hydrogen-bond donors (Lipinski definition) is 2. The van der Waals surface area contributed by atoms with Gasteiger partial charge in [-0.25, -0.2) is 22.8 Å². The van der Waals surface area contributed by atoms with E-state index in [1.807, 2.05) is 0 Å². The number of alkyl halides is 7. The molecule has 13 heteroatoms. The Labute approximate surface area is 162 Å². The summed E-state index contributed by atoms with van der Waals surface area (Å²) in [7, 11) is 0. The number of hydrogen-bond acceptors (Lipinski definition) is 4. The van der Waals surface area contributed by atoms with Crippen LogP contribution in [-0.4, -0.2) is 63.4 Å². The molecular weight excluding hydrogens is 417 g/mol. The second kappa shape index (κ2) is 11.3. The minimum atomic E-state index is -4.43. The molecule has 0 aromatic rings. The van der Waals surface area contributed by atoms with Gasteiger partial charge in [0.2, 0.25) is 0 Å². The third-order valence-corrected chi connectivity index (χ3v) is 4.29. The van der Waals surface area contributed by atoms with E-state index in [0.29, 0.717) is 19.3 Å². The number of carbonyl (C=O) groups excluding carboxylic acids is 2. The molecule has 29 heavy (non-hydrogen) atoms. The smallest absolute Gasteiger partial charge is 0.407 e. The van der Waals surface area contributed by atoms with Gasteiger partial charge < -0.3 is 20.1 Å². The van der Waals surface area contributed by atoms with Gasteiger partial charge in [-0.2, -0.15) is 17.6 Å². The molecule has 170 valence electrons. The lowest BCUT2D eigenvalue weighted by molar-refractivity contribution is -0.153. The Bertz CT molecular complexity index is 537. The fourth-order valence-corrected chi connectivity index (χ4v) is 2.76. The summed E-state index contributed by atoms with van der Waals surface area (Å²) in [6.07, 6.45) is -3.65. The quantitative estimate of drug-likeness (QED) is 0.508. The highest BCUT2D eigenvalue weighted by molar-refractivity contribution is 5.67. The Morgan fingerprint density at radius 3 is 1.86 bits per heavy atom. The first-order valence-electron chi connectivity index (χ1n) is 8.86. The molecule has 2 atom stereocenters. The van der Waals surface area contributed by atoms with Gasteiger partial charge in [0.25, 0.3) is 0 Å². The van der Waals surface area contributed by atoms with Gasteiger partial charge in [0.1, 0.15) is 0 Å². The molecule has 6 nitrogen and oxygen atoms in total. The summed E-state index contributed by atoms with van der Waals surface area (Å²) in [4.78, 5) is 22.7. The van der Waals surface area contributed by atoms with E-state index in [4.69, 9.17) is 0 Å².